The SMILES string of the molecule is CCCCCCCCCn1cc[n+](C)c1CCCCCCCC. The predicted molar refractivity (Wildman–Crippen MR) is 101 cm³/mol. The van der Waals surface area contributed by atoms with Crippen molar-refractivity contribution in [2.45, 2.75) is 110 Å². The van der Waals surface area contributed by atoms with Gasteiger partial charge in [0.1, 0.15) is 12.4 Å². The van der Waals surface area contributed by atoms with Crippen molar-refractivity contribution in [1.82, 2.24) is 4.57 Å². The number of nitrogens with zero attached hydrogens (tertiary/aromatic N) is 2. The first kappa shape index (κ1) is 20.3. The van der Waals surface area contributed by atoms with Gasteiger partial charge in [0, 0.05) is 6.42 Å². The van der Waals surface area contributed by atoms with E-state index in [0.29, 0.717) is 0 Å². The first-order chi connectivity index (χ1) is 11.3. The van der Waals surface area contributed by atoms with Crippen molar-refractivity contribution in [3.8, 4) is 0 Å². The number of aryl methyl sites for hydroxylation is 2. The van der Waals surface area contributed by atoms with Crippen LogP contribution in [0.1, 0.15) is 103 Å². The van der Waals surface area contributed by atoms with E-state index in [2.05, 4.69) is 42.4 Å². The standard InChI is InChI=1S/C21H41N2/c1-4-6-8-10-12-14-16-18-23-20-19-22(3)21(23)17-15-13-11-9-7-5-2/h19-20H,4-18H2,1-3H3/q+1. The van der Waals surface area contributed by atoms with Gasteiger partial charge in [-0.25, -0.2) is 9.13 Å². The topological polar surface area (TPSA) is 8.81 Å². The summed E-state index contributed by atoms with van der Waals surface area (Å²) in [6.45, 7) is 5.79. The molecule has 0 amide bonds. The molecule has 1 aromatic rings. The molecule has 0 saturated heterocycles. The van der Waals surface area contributed by atoms with Gasteiger partial charge in [-0.15, -0.1) is 0 Å². The van der Waals surface area contributed by atoms with Gasteiger partial charge >= 0.3 is 0 Å². The van der Waals surface area contributed by atoms with Gasteiger partial charge in [0.2, 0.25) is 0 Å². The molecule has 2 nitrogen and oxygen atoms in total. The lowest BCUT2D eigenvalue weighted by Crippen LogP contribution is -2.32. The number of rotatable bonds is 15. The summed E-state index contributed by atoms with van der Waals surface area (Å²) < 4.78 is 4.82. The Morgan fingerprint density at radius 3 is 1.87 bits per heavy atom. The first-order valence-corrected chi connectivity index (χ1v) is 10.3. The summed E-state index contributed by atoms with van der Waals surface area (Å²) in [4.78, 5) is 0. The number of hydrogen-bond acceptors (Lipinski definition) is 0. The predicted octanol–water partition coefficient (Wildman–Crippen LogP) is 5.97. The van der Waals surface area contributed by atoms with E-state index < -0.39 is 0 Å². The molecule has 0 aliphatic rings. The number of hydrogen-bond donors (Lipinski definition) is 0. The highest BCUT2D eigenvalue weighted by Gasteiger charge is 2.13. The minimum atomic E-state index is 1.21. The molecule has 0 aliphatic heterocycles. The third-order valence-electron chi connectivity index (χ3n) is 4.97. The van der Waals surface area contributed by atoms with Gasteiger partial charge in [0.05, 0.1) is 13.6 Å². The van der Waals surface area contributed by atoms with E-state index in [9.17, 15) is 0 Å². The monoisotopic (exact) mass is 321 g/mol. The fraction of sp³-hybridized carbons (Fsp3) is 0.857. The van der Waals surface area contributed by atoms with Crippen LogP contribution in [-0.2, 0) is 20.0 Å². The van der Waals surface area contributed by atoms with Crippen molar-refractivity contribution in [2.24, 2.45) is 7.05 Å². The molecule has 23 heavy (non-hydrogen) atoms. The van der Waals surface area contributed by atoms with E-state index in [0.717, 1.165) is 0 Å². The highest BCUT2D eigenvalue weighted by molar-refractivity contribution is 4.84. The molecule has 0 N–H and O–H groups in total. The second-order valence-corrected chi connectivity index (χ2v) is 7.16. The summed E-state index contributed by atoms with van der Waals surface area (Å²) in [5.41, 5.74) is 0. The lowest BCUT2D eigenvalue weighted by atomic mass is 10.1. The summed E-state index contributed by atoms with van der Waals surface area (Å²) in [6, 6.07) is 0. The van der Waals surface area contributed by atoms with E-state index >= 15 is 0 Å². The molecule has 2 heteroatoms. The molecule has 0 fully saturated rings. The highest BCUT2D eigenvalue weighted by atomic mass is 15.1. The van der Waals surface area contributed by atoms with Crippen molar-refractivity contribution in [1.29, 1.82) is 0 Å². The number of aromatic nitrogens is 2. The van der Waals surface area contributed by atoms with Gasteiger partial charge in [-0.2, -0.15) is 0 Å². The second-order valence-electron chi connectivity index (χ2n) is 7.16. The first-order valence-electron chi connectivity index (χ1n) is 10.3. The van der Waals surface area contributed by atoms with E-state index in [-0.39, 0.29) is 0 Å². The summed E-state index contributed by atoms with van der Waals surface area (Å²) >= 11 is 0. The minimum absolute atomic E-state index is 1.21. The molecular weight excluding hydrogens is 280 g/mol. The molecule has 0 unspecified atom stereocenters. The minimum Gasteiger partial charge on any atom is -0.237 e. The largest absolute Gasteiger partial charge is 0.256 e. The second kappa shape index (κ2) is 13.6. The van der Waals surface area contributed by atoms with Crippen LogP contribution >= 0.6 is 0 Å². The van der Waals surface area contributed by atoms with Crippen molar-refractivity contribution in [2.75, 3.05) is 0 Å². The summed E-state index contributed by atoms with van der Waals surface area (Å²) in [5.74, 6) is 1.52. The van der Waals surface area contributed by atoms with Gasteiger partial charge in [0.15, 0.2) is 0 Å². The van der Waals surface area contributed by atoms with Crippen LogP contribution < -0.4 is 4.57 Å². The van der Waals surface area contributed by atoms with Crippen molar-refractivity contribution < 1.29 is 4.57 Å². The van der Waals surface area contributed by atoms with E-state index in [1.807, 2.05) is 0 Å². The summed E-state index contributed by atoms with van der Waals surface area (Å²) in [7, 11) is 2.20. The fourth-order valence-electron chi connectivity index (χ4n) is 3.38. The average Bonchev–Trinajstić information content (AvgIpc) is 2.90. The van der Waals surface area contributed by atoms with Crippen LogP contribution in [0.25, 0.3) is 0 Å². The Labute approximate surface area is 145 Å². The highest BCUT2D eigenvalue weighted by Crippen LogP contribution is 2.11. The lowest BCUT2D eigenvalue weighted by molar-refractivity contribution is -0.678. The van der Waals surface area contributed by atoms with Crippen LogP contribution in [0.2, 0.25) is 0 Å². The van der Waals surface area contributed by atoms with Crippen LogP contribution in [0.15, 0.2) is 12.4 Å². The normalized spacial score (nSPS) is 11.3. The maximum atomic E-state index is 2.50. The Morgan fingerprint density at radius 1 is 0.739 bits per heavy atom. The van der Waals surface area contributed by atoms with Gasteiger partial charge in [0.25, 0.3) is 5.82 Å². The van der Waals surface area contributed by atoms with E-state index in [1.54, 1.807) is 0 Å². The zero-order chi connectivity index (χ0) is 16.8. The van der Waals surface area contributed by atoms with Crippen molar-refractivity contribution in [3.63, 3.8) is 0 Å². The van der Waals surface area contributed by atoms with Crippen LogP contribution in [0, 0.1) is 0 Å². The molecule has 0 radical (unpaired) electrons. The average molecular weight is 322 g/mol. The zero-order valence-corrected chi connectivity index (χ0v) is 16.2. The van der Waals surface area contributed by atoms with Crippen LogP contribution in [0.5, 0.6) is 0 Å². The maximum Gasteiger partial charge on any atom is 0.256 e. The molecular formula is C21H41N2+. The Balaban J connectivity index is 2.18. The van der Waals surface area contributed by atoms with Gasteiger partial charge in [-0.05, 0) is 19.3 Å². The summed E-state index contributed by atoms with van der Waals surface area (Å²) in [5, 5.41) is 0. The van der Waals surface area contributed by atoms with Crippen LogP contribution in [0.3, 0.4) is 0 Å². The van der Waals surface area contributed by atoms with E-state index in [4.69, 9.17) is 0 Å². The molecule has 1 heterocycles. The molecule has 0 aliphatic carbocycles. The van der Waals surface area contributed by atoms with Gasteiger partial charge in [-0.3, -0.25) is 0 Å². The molecule has 0 saturated carbocycles. The Bertz CT molecular complexity index is 381. The molecule has 134 valence electrons. The molecule has 0 aromatic carbocycles. The third-order valence-corrected chi connectivity index (χ3v) is 4.97. The number of unbranched alkanes of at least 4 members (excludes halogenated alkanes) is 11. The Morgan fingerprint density at radius 2 is 1.26 bits per heavy atom. The quantitative estimate of drug-likeness (QED) is 0.278. The third kappa shape index (κ3) is 9.17. The van der Waals surface area contributed by atoms with Crippen LogP contribution in [-0.4, -0.2) is 4.57 Å². The van der Waals surface area contributed by atoms with Gasteiger partial charge < -0.3 is 0 Å². The van der Waals surface area contributed by atoms with Crippen LogP contribution in [0.4, 0.5) is 0 Å². The van der Waals surface area contributed by atoms with E-state index in [1.165, 1.54) is 102 Å². The van der Waals surface area contributed by atoms with Crippen molar-refractivity contribution in [3.05, 3.63) is 18.2 Å². The lowest BCUT2D eigenvalue weighted by Gasteiger charge is -2.04. The fourth-order valence-corrected chi connectivity index (χ4v) is 3.38. The Kier molecular flexibility index (Phi) is 12.0. The molecule has 0 spiro atoms. The van der Waals surface area contributed by atoms with Crippen molar-refractivity contribution >= 4 is 0 Å². The molecule has 0 atom stereocenters. The zero-order valence-electron chi connectivity index (χ0n) is 16.2. The smallest absolute Gasteiger partial charge is 0.237 e. The molecule has 1 rings (SSSR count). The maximum absolute atomic E-state index is 2.50. The van der Waals surface area contributed by atoms with Gasteiger partial charge in [-0.1, -0.05) is 78.1 Å². The summed E-state index contributed by atoms with van der Waals surface area (Å²) in [6.07, 6.45) is 23.8. The molecule has 1 aromatic heterocycles. The number of imidazole rings is 1. The Hall–Kier alpha value is -0.790. The molecule has 0 bridgehead atoms.